The summed E-state index contributed by atoms with van der Waals surface area (Å²) in [5.74, 6) is 0.437. The van der Waals surface area contributed by atoms with Gasteiger partial charge in [0.05, 0.1) is 4.90 Å². The lowest BCUT2D eigenvalue weighted by Gasteiger charge is -2.33. The number of hydrogen-bond acceptors (Lipinski definition) is 9. The van der Waals surface area contributed by atoms with E-state index in [4.69, 9.17) is 0 Å². The van der Waals surface area contributed by atoms with Gasteiger partial charge in [0.1, 0.15) is 17.1 Å². The lowest BCUT2D eigenvalue weighted by atomic mass is 10.3. The molecule has 0 radical (unpaired) electrons. The van der Waals surface area contributed by atoms with Gasteiger partial charge in [-0.05, 0) is 50.2 Å². The predicted octanol–water partition coefficient (Wildman–Crippen LogP) is 2.74. The summed E-state index contributed by atoms with van der Waals surface area (Å²) in [7, 11) is -2.15. The molecule has 2 aromatic heterocycles. The maximum atomic E-state index is 13.5. The molecule has 0 N–H and O–H groups in total. The van der Waals surface area contributed by atoms with E-state index in [1.807, 2.05) is 11.9 Å². The van der Waals surface area contributed by atoms with Crippen molar-refractivity contribution in [3.05, 3.63) is 30.1 Å². The quantitative estimate of drug-likeness (QED) is 0.522. The number of likely N-dealkylation sites (N-methyl/N-ethyl adjacent to an activating group) is 1. The molecule has 178 valence electrons. The van der Waals surface area contributed by atoms with Crippen LogP contribution in [0.2, 0.25) is 0 Å². The first-order valence-electron chi connectivity index (χ1n) is 9.86. The molecule has 1 aromatic carbocycles. The Morgan fingerprint density at radius 3 is 2.24 bits per heavy atom. The molecule has 1 fully saturated rings. The number of benzene rings is 1. The highest BCUT2D eigenvalue weighted by atomic mass is 32.2. The molecule has 1 aliphatic rings. The van der Waals surface area contributed by atoms with Crippen LogP contribution in [0.15, 0.2) is 34.2 Å². The van der Waals surface area contributed by atoms with Gasteiger partial charge in [0.2, 0.25) is 9.84 Å². The summed E-state index contributed by atoms with van der Waals surface area (Å²) in [4.78, 5) is 12.9. The maximum absolute atomic E-state index is 13.5. The Bertz CT molecular complexity index is 1270. The van der Waals surface area contributed by atoms with Gasteiger partial charge in [0.15, 0.2) is 16.4 Å². The minimum Gasteiger partial charge on any atom is -0.406 e. The van der Waals surface area contributed by atoms with E-state index in [2.05, 4.69) is 24.7 Å². The third-order valence-electron chi connectivity index (χ3n) is 5.14. The number of nitrogens with zero attached hydrogens (tertiary/aromatic N) is 6. The molecule has 0 bridgehead atoms. The molecule has 0 spiro atoms. The second kappa shape index (κ2) is 8.65. The fraction of sp³-hybridized carbons (Fsp3) is 0.421. The van der Waals surface area contributed by atoms with E-state index in [9.17, 15) is 21.6 Å². The standard InChI is InChI=1S/C19H21F3N6O3S2/c1-12-23-16-15(17(24-12)27-10-8-26(2)9-11-27)25-28(32-3)18(16)33(29,30)14-6-4-13(5-7-14)31-19(20,21)22/h4-7H,8-11H2,1-3H3. The minimum absolute atomic E-state index is 0.157. The lowest BCUT2D eigenvalue weighted by molar-refractivity contribution is -0.274. The fourth-order valence-corrected chi connectivity index (χ4v) is 5.84. The highest BCUT2D eigenvalue weighted by Gasteiger charge is 2.33. The molecule has 0 amide bonds. The molecule has 33 heavy (non-hydrogen) atoms. The highest BCUT2D eigenvalue weighted by molar-refractivity contribution is 7.98. The summed E-state index contributed by atoms with van der Waals surface area (Å²) in [6.07, 6.45) is -3.21. The van der Waals surface area contributed by atoms with Crippen LogP contribution in [0.1, 0.15) is 5.82 Å². The van der Waals surface area contributed by atoms with E-state index >= 15 is 0 Å². The molecule has 4 rings (SSSR count). The zero-order chi connectivity index (χ0) is 24.0. The molecular formula is C19H21F3N6O3S2. The van der Waals surface area contributed by atoms with Crippen molar-refractivity contribution in [3.8, 4) is 5.75 Å². The van der Waals surface area contributed by atoms with Crippen LogP contribution in [-0.2, 0) is 9.84 Å². The van der Waals surface area contributed by atoms with Crippen molar-refractivity contribution in [1.82, 2.24) is 24.1 Å². The molecule has 1 saturated heterocycles. The molecule has 0 aliphatic carbocycles. The Morgan fingerprint density at radius 2 is 1.67 bits per heavy atom. The van der Waals surface area contributed by atoms with Crippen LogP contribution >= 0.6 is 11.9 Å². The lowest BCUT2D eigenvalue weighted by Crippen LogP contribution is -2.45. The van der Waals surface area contributed by atoms with Gasteiger partial charge < -0.3 is 14.5 Å². The largest absolute Gasteiger partial charge is 0.573 e. The van der Waals surface area contributed by atoms with E-state index < -0.39 is 21.9 Å². The summed E-state index contributed by atoms with van der Waals surface area (Å²) in [6, 6.07) is 4.04. The molecular weight excluding hydrogens is 481 g/mol. The maximum Gasteiger partial charge on any atom is 0.573 e. The zero-order valence-corrected chi connectivity index (χ0v) is 19.6. The SMILES string of the molecule is CSn1nc2c(N3CCN(C)CC3)nc(C)nc2c1S(=O)(=O)c1ccc(OC(F)(F)F)cc1. The number of alkyl halides is 3. The Balaban J connectivity index is 1.81. The predicted molar refractivity (Wildman–Crippen MR) is 117 cm³/mol. The van der Waals surface area contributed by atoms with Crippen LogP contribution in [0, 0.1) is 6.92 Å². The summed E-state index contributed by atoms with van der Waals surface area (Å²) in [6.45, 7) is 4.74. The first-order valence-corrected chi connectivity index (χ1v) is 12.5. The Labute approximate surface area is 192 Å². The first kappa shape index (κ1) is 23.6. The third-order valence-corrected chi connectivity index (χ3v) is 7.64. The van der Waals surface area contributed by atoms with Crippen molar-refractivity contribution in [1.29, 1.82) is 0 Å². The molecule has 14 heteroatoms. The fourth-order valence-electron chi connectivity index (χ4n) is 3.54. The number of hydrogen-bond donors (Lipinski definition) is 0. The number of fused-ring (bicyclic) bond motifs is 1. The third kappa shape index (κ3) is 4.73. The molecule has 0 atom stereocenters. The van der Waals surface area contributed by atoms with E-state index in [0.717, 1.165) is 49.3 Å². The number of halogens is 3. The van der Waals surface area contributed by atoms with Crippen molar-refractivity contribution in [2.45, 2.75) is 23.2 Å². The van der Waals surface area contributed by atoms with Crippen molar-refractivity contribution >= 4 is 38.6 Å². The molecule has 3 heterocycles. The van der Waals surface area contributed by atoms with E-state index in [-0.39, 0.29) is 15.4 Å². The van der Waals surface area contributed by atoms with E-state index in [0.29, 0.717) is 30.2 Å². The first-order chi connectivity index (χ1) is 15.5. The average molecular weight is 503 g/mol. The van der Waals surface area contributed by atoms with Crippen molar-refractivity contribution < 1.29 is 26.3 Å². The summed E-state index contributed by atoms with van der Waals surface area (Å²) in [5, 5.41) is 4.31. The van der Waals surface area contributed by atoms with E-state index in [1.165, 1.54) is 4.09 Å². The van der Waals surface area contributed by atoms with Crippen molar-refractivity contribution in [2.75, 3.05) is 44.4 Å². The monoisotopic (exact) mass is 502 g/mol. The van der Waals surface area contributed by atoms with Crippen molar-refractivity contribution in [2.24, 2.45) is 0 Å². The minimum atomic E-state index is -4.87. The zero-order valence-electron chi connectivity index (χ0n) is 18.0. The van der Waals surface area contributed by atoms with Gasteiger partial charge in [-0.2, -0.15) is 9.19 Å². The number of sulfone groups is 1. The number of aromatic nitrogens is 4. The molecule has 1 aliphatic heterocycles. The Kier molecular flexibility index (Phi) is 6.18. The van der Waals surface area contributed by atoms with Gasteiger partial charge in [-0.15, -0.1) is 13.2 Å². The second-order valence-electron chi connectivity index (χ2n) is 7.47. The number of aryl methyl sites for hydroxylation is 1. The molecule has 3 aromatic rings. The van der Waals surface area contributed by atoms with Crippen LogP contribution in [0.4, 0.5) is 19.0 Å². The van der Waals surface area contributed by atoms with Gasteiger partial charge in [0.25, 0.3) is 0 Å². The van der Waals surface area contributed by atoms with E-state index in [1.54, 1.807) is 13.2 Å². The topological polar surface area (TPSA) is 93.5 Å². The Morgan fingerprint density at radius 1 is 1.03 bits per heavy atom. The molecule has 0 saturated carbocycles. The average Bonchev–Trinajstić information content (AvgIpc) is 3.12. The van der Waals surface area contributed by atoms with Crippen LogP contribution in [0.3, 0.4) is 0 Å². The van der Waals surface area contributed by atoms with Crippen LogP contribution in [0.5, 0.6) is 5.75 Å². The highest BCUT2D eigenvalue weighted by Crippen LogP contribution is 2.34. The summed E-state index contributed by atoms with van der Waals surface area (Å²) < 4.78 is 69.5. The smallest absolute Gasteiger partial charge is 0.406 e. The van der Waals surface area contributed by atoms with Crippen LogP contribution < -0.4 is 9.64 Å². The normalized spacial score (nSPS) is 15.9. The number of piperazine rings is 1. The van der Waals surface area contributed by atoms with Gasteiger partial charge in [-0.3, -0.25) is 0 Å². The number of anilines is 1. The van der Waals surface area contributed by atoms with Gasteiger partial charge in [0, 0.05) is 32.4 Å². The Hall–Kier alpha value is -2.58. The van der Waals surface area contributed by atoms with Gasteiger partial charge in [-0.25, -0.2) is 18.4 Å². The van der Waals surface area contributed by atoms with Crippen LogP contribution in [-0.4, -0.2) is 78.3 Å². The van der Waals surface area contributed by atoms with Gasteiger partial charge >= 0.3 is 6.36 Å². The summed E-state index contributed by atoms with van der Waals surface area (Å²) in [5.41, 5.74) is 0.525. The molecule has 0 unspecified atom stereocenters. The van der Waals surface area contributed by atoms with Gasteiger partial charge in [-0.1, -0.05) is 0 Å². The summed E-state index contributed by atoms with van der Waals surface area (Å²) >= 11 is 1.07. The van der Waals surface area contributed by atoms with Crippen LogP contribution in [0.25, 0.3) is 11.0 Å². The number of ether oxygens (including phenoxy) is 1. The van der Waals surface area contributed by atoms with Crippen molar-refractivity contribution in [3.63, 3.8) is 0 Å². The second-order valence-corrected chi connectivity index (χ2v) is 10.0. The molecule has 9 nitrogen and oxygen atoms in total. The number of rotatable bonds is 5.